The van der Waals surface area contributed by atoms with Crippen LogP contribution in [0.25, 0.3) is 0 Å². The monoisotopic (exact) mass is 180 g/mol. The van der Waals surface area contributed by atoms with Gasteiger partial charge < -0.3 is 9.84 Å². The van der Waals surface area contributed by atoms with Gasteiger partial charge in [0, 0.05) is 0 Å². The van der Waals surface area contributed by atoms with E-state index in [2.05, 4.69) is 13.8 Å². The Morgan fingerprint density at radius 2 is 2.00 bits per heavy atom. The summed E-state index contributed by atoms with van der Waals surface area (Å²) < 4.78 is 5.01. The smallest absolute Gasteiger partial charge is 0.0993 e. The fraction of sp³-hybridized carbons (Fsp3) is 1.00. The summed E-state index contributed by atoms with van der Waals surface area (Å²) in [5, 5.41) is 8.07. The standard InChI is InChI=1S/C6H10B2O2.C3H8/c7-6(8)3-1-2-5(9)4-10-6;1-3-2/h5,9H,1-4H2;3H2,1-2H3. The topological polar surface area (TPSA) is 29.5 Å². The third kappa shape index (κ3) is 7.15. The molecule has 0 spiro atoms. The highest BCUT2D eigenvalue weighted by Gasteiger charge is 2.22. The van der Waals surface area contributed by atoms with E-state index in [0.717, 1.165) is 12.8 Å². The molecule has 0 aromatic carbocycles. The molecule has 0 aromatic heterocycles. The van der Waals surface area contributed by atoms with Crippen LogP contribution in [0.4, 0.5) is 0 Å². The van der Waals surface area contributed by atoms with Crippen LogP contribution >= 0.6 is 0 Å². The Kier molecular flexibility index (Phi) is 6.52. The zero-order valence-electron chi connectivity index (χ0n) is 8.62. The summed E-state index contributed by atoms with van der Waals surface area (Å²) in [6, 6.07) is 0. The van der Waals surface area contributed by atoms with E-state index in [-0.39, 0.29) is 6.61 Å². The summed E-state index contributed by atoms with van der Waals surface area (Å²) in [5.74, 6) is 0. The maximum Gasteiger partial charge on any atom is 0.0993 e. The van der Waals surface area contributed by atoms with Crippen molar-refractivity contribution in [2.24, 2.45) is 0 Å². The van der Waals surface area contributed by atoms with Crippen molar-refractivity contribution in [3.8, 4) is 0 Å². The number of ether oxygens (including phenoxy) is 1. The van der Waals surface area contributed by atoms with E-state index in [1.807, 2.05) is 0 Å². The molecule has 1 aliphatic heterocycles. The molecule has 4 radical (unpaired) electrons. The van der Waals surface area contributed by atoms with Crippen molar-refractivity contribution in [3.63, 3.8) is 0 Å². The van der Waals surface area contributed by atoms with Crippen molar-refractivity contribution in [2.45, 2.75) is 51.0 Å². The minimum absolute atomic E-state index is 0.257. The van der Waals surface area contributed by atoms with E-state index in [0.29, 0.717) is 6.42 Å². The van der Waals surface area contributed by atoms with Crippen molar-refractivity contribution < 1.29 is 9.84 Å². The molecular weight excluding hydrogens is 162 g/mol. The van der Waals surface area contributed by atoms with Crippen LogP contribution in [0.3, 0.4) is 0 Å². The molecule has 1 aliphatic rings. The van der Waals surface area contributed by atoms with Gasteiger partial charge in [-0.05, 0) is 24.7 Å². The van der Waals surface area contributed by atoms with E-state index < -0.39 is 11.5 Å². The highest BCUT2D eigenvalue weighted by atomic mass is 16.5. The Hall–Kier alpha value is 0.0499. The molecule has 1 heterocycles. The molecule has 1 N–H and O–H groups in total. The lowest BCUT2D eigenvalue weighted by atomic mass is 9.63. The van der Waals surface area contributed by atoms with Crippen molar-refractivity contribution in [3.05, 3.63) is 0 Å². The molecule has 1 atom stereocenters. The number of aliphatic hydroxyl groups excluding tert-OH is 1. The van der Waals surface area contributed by atoms with E-state index in [1.165, 1.54) is 6.42 Å². The molecule has 0 saturated carbocycles. The van der Waals surface area contributed by atoms with Gasteiger partial charge in [0.15, 0.2) is 0 Å². The van der Waals surface area contributed by atoms with Crippen LogP contribution in [0.15, 0.2) is 0 Å². The second-order valence-corrected chi connectivity index (χ2v) is 3.52. The van der Waals surface area contributed by atoms with E-state index >= 15 is 0 Å². The van der Waals surface area contributed by atoms with Gasteiger partial charge in [-0.1, -0.05) is 20.3 Å². The summed E-state index contributed by atoms with van der Waals surface area (Å²) in [6.45, 7) is 4.51. The number of aliphatic hydroxyl groups is 1. The second-order valence-electron chi connectivity index (χ2n) is 3.52. The lowest BCUT2D eigenvalue weighted by molar-refractivity contribution is 0.0194. The van der Waals surface area contributed by atoms with Gasteiger partial charge in [0.2, 0.25) is 0 Å². The van der Waals surface area contributed by atoms with Crippen molar-refractivity contribution >= 4 is 15.7 Å². The van der Waals surface area contributed by atoms with E-state index in [4.69, 9.17) is 25.5 Å². The van der Waals surface area contributed by atoms with Crippen molar-refractivity contribution in [1.82, 2.24) is 0 Å². The first-order valence-corrected chi connectivity index (χ1v) is 4.91. The lowest BCUT2D eigenvalue weighted by Crippen LogP contribution is -2.33. The molecular formula is C9H18B2O2. The van der Waals surface area contributed by atoms with Crippen molar-refractivity contribution in [1.29, 1.82) is 0 Å². The van der Waals surface area contributed by atoms with Crippen LogP contribution in [0.1, 0.15) is 39.5 Å². The first-order chi connectivity index (χ1) is 6.02. The molecule has 0 bridgehead atoms. The molecule has 0 amide bonds. The van der Waals surface area contributed by atoms with Gasteiger partial charge >= 0.3 is 0 Å². The Bertz CT molecular complexity index is 129. The maximum absolute atomic E-state index is 9.09. The fourth-order valence-corrected chi connectivity index (χ4v) is 1.02. The summed E-state index contributed by atoms with van der Waals surface area (Å²) in [7, 11) is 11.0. The highest BCUT2D eigenvalue weighted by Crippen LogP contribution is 2.17. The number of hydrogen-bond acceptors (Lipinski definition) is 2. The van der Waals surface area contributed by atoms with Gasteiger partial charge in [0.25, 0.3) is 0 Å². The number of rotatable bonds is 0. The van der Waals surface area contributed by atoms with Gasteiger partial charge in [0.05, 0.1) is 28.4 Å². The van der Waals surface area contributed by atoms with Crippen LogP contribution in [-0.2, 0) is 4.74 Å². The van der Waals surface area contributed by atoms with Gasteiger partial charge in [-0.25, -0.2) is 0 Å². The van der Waals surface area contributed by atoms with Crippen LogP contribution in [-0.4, -0.2) is 38.9 Å². The molecule has 4 heteroatoms. The van der Waals surface area contributed by atoms with Crippen LogP contribution in [0.5, 0.6) is 0 Å². The van der Waals surface area contributed by atoms with Gasteiger partial charge in [0.1, 0.15) is 0 Å². The van der Waals surface area contributed by atoms with Crippen molar-refractivity contribution in [2.75, 3.05) is 6.61 Å². The van der Waals surface area contributed by atoms with Crippen LogP contribution in [0.2, 0.25) is 0 Å². The average molecular weight is 180 g/mol. The molecule has 1 unspecified atom stereocenters. The molecule has 0 aliphatic carbocycles. The minimum atomic E-state index is -1.02. The zero-order valence-corrected chi connectivity index (χ0v) is 8.62. The van der Waals surface area contributed by atoms with Gasteiger partial charge in [-0.2, -0.15) is 0 Å². The summed E-state index contributed by atoms with van der Waals surface area (Å²) in [5.41, 5.74) is 0. The Balaban J connectivity index is 0.000000424. The number of hydrogen-bond donors (Lipinski definition) is 1. The third-order valence-electron chi connectivity index (χ3n) is 1.65. The zero-order chi connectivity index (χ0) is 10.3. The molecule has 1 fully saturated rings. The largest absolute Gasteiger partial charge is 0.391 e. The SMILES string of the molecule is CCC.[B]C1([B])CCCC(O)CO1. The van der Waals surface area contributed by atoms with Gasteiger partial charge in [-0.3, -0.25) is 0 Å². The Morgan fingerprint density at radius 1 is 1.46 bits per heavy atom. The summed E-state index contributed by atoms with van der Waals surface area (Å²) >= 11 is 0. The highest BCUT2D eigenvalue weighted by molar-refractivity contribution is 6.39. The average Bonchev–Trinajstić information content (AvgIpc) is 2.15. The fourth-order valence-electron chi connectivity index (χ4n) is 1.02. The van der Waals surface area contributed by atoms with Crippen LogP contribution < -0.4 is 0 Å². The first kappa shape index (κ1) is 13.0. The minimum Gasteiger partial charge on any atom is -0.391 e. The summed E-state index contributed by atoms with van der Waals surface area (Å²) in [6.07, 6.45) is 3.03. The first-order valence-electron chi connectivity index (χ1n) is 4.91. The Morgan fingerprint density at radius 3 is 2.54 bits per heavy atom. The van der Waals surface area contributed by atoms with E-state index in [1.54, 1.807) is 0 Å². The van der Waals surface area contributed by atoms with Gasteiger partial charge in [-0.15, -0.1) is 0 Å². The molecule has 72 valence electrons. The molecule has 13 heavy (non-hydrogen) atoms. The maximum atomic E-state index is 9.09. The normalized spacial score (nSPS) is 26.8. The van der Waals surface area contributed by atoms with E-state index in [9.17, 15) is 0 Å². The Labute approximate surface area is 83.9 Å². The lowest BCUT2D eigenvalue weighted by Gasteiger charge is -2.23. The predicted molar refractivity (Wildman–Crippen MR) is 56.0 cm³/mol. The molecule has 0 aromatic rings. The molecule has 1 rings (SSSR count). The molecule has 1 saturated heterocycles. The summed E-state index contributed by atoms with van der Waals surface area (Å²) in [4.78, 5) is 0. The quantitative estimate of drug-likeness (QED) is 0.562. The second kappa shape index (κ2) is 6.50. The molecule has 2 nitrogen and oxygen atoms in total. The van der Waals surface area contributed by atoms with Crippen LogP contribution in [0, 0.1) is 0 Å². The third-order valence-corrected chi connectivity index (χ3v) is 1.65. The predicted octanol–water partition coefficient (Wildman–Crippen LogP) is 0.955.